The number of carbonyl (C=O) groups is 2. The van der Waals surface area contributed by atoms with Crippen LogP contribution in [0.3, 0.4) is 0 Å². The first-order chi connectivity index (χ1) is 9.99. The lowest BCUT2D eigenvalue weighted by Gasteiger charge is -2.31. The highest BCUT2D eigenvalue weighted by atomic mass is 35.5. The third-order valence-corrected chi connectivity index (χ3v) is 4.94. The molecule has 1 amide bonds. The molecule has 1 fully saturated rings. The minimum atomic E-state index is -0.907. The van der Waals surface area contributed by atoms with E-state index < -0.39 is 12.0 Å². The molecule has 1 saturated heterocycles. The Kier molecular flexibility index (Phi) is 5.75. The molecule has 1 aliphatic rings. The number of carboxylic acid groups (broad SMARTS) is 1. The summed E-state index contributed by atoms with van der Waals surface area (Å²) in [5, 5.41) is 12.5. The highest BCUT2D eigenvalue weighted by Crippen LogP contribution is 2.29. The zero-order valence-corrected chi connectivity index (χ0v) is 13.3. The standard InChI is InChI=1S/C13H14Cl2N2O3S/c14-8-2-1-3-9(12(8)15)16-11(18)6-17-4-5-21-7-10(17)13(19)20/h1-3,10H,4-7H2,(H,16,18)(H,19,20). The molecule has 2 N–H and O–H groups in total. The molecule has 1 heterocycles. The van der Waals surface area contributed by atoms with Crippen LogP contribution in [0.4, 0.5) is 5.69 Å². The molecule has 1 unspecified atom stereocenters. The van der Waals surface area contributed by atoms with Crippen molar-refractivity contribution < 1.29 is 14.7 Å². The van der Waals surface area contributed by atoms with Crippen LogP contribution < -0.4 is 5.32 Å². The molecule has 1 aromatic carbocycles. The maximum atomic E-state index is 12.1. The van der Waals surface area contributed by atoms with Crippen molar-refractivity contribution in [2.75, 3.05) is 29.9 Å². The Balaban J connectivity index is 2.00. The van der Waals surface area contributed by atoms with Gasteiger partial charge in [0.05, 0.1) is 22.3 Å². The topological polar surface area (TPSA) is 69.6 Å². The van der Waals surface area contributed by atoms with Gasteiger partial charge >= 0.3 is 5.97 Å². The van der Waals surface area contributed by atoms with Crippen molar-refractivity contribution in [1.82, 2.24) is 4.90 Å². The summed E-state index contributed by atoms with van der Waals surface area (Å²) in [6.45, 7) is 0.582. The number of benzene rings is 1. The van der Waals surface area contributed by atoms with E-state index in [9.17, 15) is 9.59 Å². The number of hydrogen-bond acceptors (Lipinski definition) is 4. The smallest absolute Gasteiger partial charge is 0.321 e. The Labute approximate surface area is 136 Å². The molecule has 0 bridgehead atoms. The summed E-state index contributed by atoms with van der Waals surface area (Å²) in [4.78, 5) is 24.9. The number of carbonyl (C=O) groups excluding carboxylic acids is 1. The van der Waals surface area contributed by atoms with Crippen molar-refractivity contribution in [2.24, 2.45) is 0 Å². The fourth-order valence-corrected chi connectivity index (χ4v) is 3.48. The lowest BCUT2D eigenvalue weighted by molar-refractivity contribution is -0.142. The molecule has 0 aliphatic carbocycles. The van der Waals surface area contributed by atoms with Crippen LogP contribution in [0.25, 0.3) is 0 Å². The molecule has 0 aromatic heterocycles. The Hall–Kier alpha value is -0.950. The van der Waals surface area contributed by atoms with Gasteiger partial charge in [0, 0.05) is 18.1 Å². The third-order valence-electron chi connectivity index (χ3n) is 3.10. The molecule has 21 heavy (non-hydrogen) atoms. The lowest BCUT2D eigenvalue weighted by atomic mass is 10.2. The van der Waals surface area contributed by atoms with Gasteiger partial charge in [0.15, 0.2) is 0 Å². The highest BCUT2D eigenvalue weighted by molar-refractivity contribution is 7.99. The molecule has 0 radical (unpaired) electrons. The average molecular weight is 349 g/mol. The summed E-state index contributed by atoms with van der Waals surface area (Å²) < 4.78 is 0. The highest BCUT2D eigenvalue weighted by Gasteiger charge is 2.30. The van der Waals surface area contributed by atoms with E-state index in [4.69, 9.17) is 28.3 Å². The van der Waals surface area contributed by atoms with E-state index in [-0.39, 0.29) is 17.5 Å². The van der Waals surface area contributed by atoms with Gasteiger partial charge in [0.2, 0.25) is 5.91 Å². The number of carboxylic acids is 1. The van der Waals surface area contributed by atoms with Gasteiger partial charge in [-0.25, -0.2) is 0 Å². The van der Waals surface area contributed by atoms with Crippen LogP contribution in [0, 0.1) is 0 Å². The Bertz CT molecular complexity index is 556. The molecule has 1 aromatic rings. The Morgan fingerprint density at radius 1 is 1.43 bits per heavy atom. The molecule has 8 heteroatoms. The van der Waals surface area contributed by atoms with Gasteiger partial charge in [-0.2, -0.15) is 11.8 Å². The second-order valence-electron chi connectivity index (χ2n) is 4.55. The molecular weight excluding hydrogens is 335 g/mol. The first kappa shape index (κ1) is 16.4. The van der Waals surface area contributed by atoms with Gasteiger partial charge < -0.3 is 10.4 Å². The molecule has 1 aliphatic heterocycles. The largest absolute Gasteiger partial charge is 0.480 e. The summed E-state index contributed by atoms with van der Waals surface area (Å²) in [5.74, 6) is 0.0864. The van der Waals surface area contributed by atoms with Crippen molar-refractivity contribution in [3.05, 3.63) is 28.2 Å². The number of halogens is 2. The predicted octanol–water partition coefficient (Wildman–Crippen LogP) is 2.43. The first-order valence-corrected chi connectivity index (χ1v) is 8.18. The number of thioether (sulfide) groups is 1. The van der Waals surface area contributed by atoms with Crippen molar-refractivity contribution in [2.45, 2.75) is 6.04 Å². The maximum absolute atomic E-state index is 12.1. The van der Waals surface area contributed by atoms with Crippen molar-refractivity contribution in [1.29, 1.82) is 0 Å². The van der Waals surface area contributed by atoms with Crippen molar-refractivity contribution in [3.63, 3.8) is 0 Å². The van der Waals surface area contributed by atoms with E-state index in [2.05, 4.69) is 5.32 Å². The zero-order valence-electron chi connectivity index (χ0n) is 11.0. The summed E-state index contributed by atoms with van der Waals surface area (Å²) in [6, 6.07) is 4.32. The van der Waals surface area contributed by atoms with Gasteiger partial charge in [-0.3, -0.25) is 14.5 Å². The predicted molar refractivity (Wildman–Crippen MR) is 85.4 cm³/mol. The van der Waals surface area contributed by atoms with Crippen LogP contribution in [0.15, 0.2) is 18.2 Å². The number of rotatable bonds is 4. The molecule has 114 valence electrons. The fraction of sp³-hybridized carbons (Fsp3) is 0.385. The van der Waals surface area contributed by atoms with Crippen molar-refractivity contribution >= 4 is 52.5 Å². The summed E-state index contributed by atoms with van der Waals surface area (Å²) >= 11 is 13.5. The van der Waals surface area contributed by atoms with Crippen LogP contribution in [-0.2, 0) is 9.59 Å². The Morgan fingerprint density at radius 2 is 2.19 bits per heavy atom. The van der Waals surface area contributed by atoms with Gasteiger partial charge in [-0.05, 0) is 12.1 Å². The zero-order chi connectivity index (χ0) is 15.4. The first-order valence-electron chi connectivity index (χ1n) is 6.27. The average Bonchev–Trinajstić information content (AvgIpc) is 2.44. The molecule has 5 nitrogen and oxygen atoms in total. The molecule has 1 atom stereocenters. The van der Waals surface area contributed by atoms with E-state index in [0.717, 1.165) is 5.75 Å². The molecular formula is C13H14Cl2N2O3S. The SMILES string of the molecule is O=C(CN1CCSCC1C(=O)O)Nc1cccc(Cl)c1Cl. The number of aliphatic carboxylic acids is 1. The molecule has 0 saturated carbocycles. The quantitative estimate of drug-likeness (QED) is 0.874. The second-order valence-corrected chi connectivity index (χ2v) is 6.48. The summed E-state index contributed by atoms with van der Waals surface area (Å²) in [7, 11) is 0. The third kappa shape index (κ3) is 4.26. The number of anilines is 1. The molecule has 2 rings (SSSR count). The lowest BCUT2D eigenvalue weighted by Crippen LogP contribution is -2.50. The number of nitrogens with one attached hydrogen (secondary N) is 1. The van der Waals surface area contributed by atoms with Gasteiger partial charge in [-0.15, -0.1) is 0 Å². The van der Waals surface area contributed by atoms with Gasteiger partial charge in [-0.1, -0.05) is 29.3 Å². The van der Waals surface area contributed by atoms with E-state index in [1.165, 1.54) is 0 Å². The van der Waals surface area contributed by atoms with Crippen molar-refractivity contribution in [3.8, 4) is 0 Å². The Morgan fingerprint density at radius 3 is 2.90 bits per heavy atom. The monoisotopic (exact) mass is 348 g/mol. The number of nitrogens with zero attached hydrogens (tertiary/aromatic N) is 1. The van der Waals surface area contributed by atoms with Crippen LogP contribution in [-0.4, -0.2) is 52.5 Å². The fourth-order valence-electron chi connectivity index (χ4n) is 2.03. The molecule has 0 spiro atoms. The summed E-state index contributed by atoms with van der Waals surface area (Å²) in [6.07, 6.45) is 0. The van der Waals surface area contributed by atoms with E-state index >= 15 is 0 Å². The van der Waals surface area contributed by atoms with Crippen LogP contribution >= 0.6 is 35.0 Å². The van der Waals surface area contributed by atoms with Crippen LogP contribution in [0.5, 0.6) is 0 Å². The normalized spacial score (nSPS) is 19.2. The van der Waals surface area contributed by atoms with E-state index in [0.29, 0.717) is 23.0 Å². The summed E-state index contributed by atoms with van der Waals surface area (Å²) in [5.41, 5.74) is 0.424. The van der Waals surface area contributed by atoms with Gasteiger partial charge in [0.1, 0.15) is 6.04 Å². The van der Waals surface area contributed by atoms with E-state index in [1.54, 1.807) is 34.9 Å². The van der Waals surface area contributed by atoms with Crippen LogP contribution in [0.1, 0.15) is 0 Å². The van der Waals surface area contributed by atoms with E-state index in [1.807, 2.05) is 0 Å². The number of amides is 1. The maximum Gasteiger partial charge on any atom is 0.321 e. The van der Waals surface area contributed by atoms with Gasteiger partial charge in [0.25, 0.3) is 0 Å². The minimum absolute atomic E-state index is 0.0143. The number of hydrogen-bond donors (Lipinski definition) is 2. The second kappa shape index (κ2) is 7.35. The minimum Gasteiger partial charge on any atom is -0.480 e. The van der Waals surface area contributed by atoms with Crippen LogP contribution in [0.2, 0.25) is 10.0 Å².